The summed E-state index contributed by atoms with van der Waals surface area (Å²) in [5.74, 6) is -2.21. The minimum Gasteiger partial charge on any atom is -0.452 e. The van der Waals surface area contributed by atoms with Gasteiger partial charge in [-0.25, -0.2) is 9.18 Å². The van der Waals surface area contributed by atoms with Crippen LogP contribution in [0.25, 0.3) is 0 Å². The highest BCUT2D eigenvalue weighted by atomic mass is 19.1. The summed E-state index contributed by atoms with van der Waals surface area (Å²) in [6.07, 6.45) is 0. The van der Waals surface area contributed by atoms with Crippen LogP contribution < -0.4 is 5.32 Å². The van der Waals surface area contributed by atoms with Crippen LogP contribution in [0.2, 0.25) is 0 Å². The molecule has 1 N–H and O–H groups in total. The third kappa shape index (κ3) is 6.90. The Morgan fingerprint density at radius 2 is 1.91 bits per heavy atom. The van der Waals surface area contributed by atoms with Crippen molar-refractivity contribution in [2.75, 3.05) is 20.2 Å². The molecule has 1 rings (SSSR count). The summed E-state index contributed by atoms with van der Waals surface area (Å²) >= 11 is 0. The van der Waals surface area contributed by atoms with Crippen molar-refractivity contribution in [1.29, 1.82) is 0 Å². The quantitative estimate of drug-likeness (QED) is 0.830. The van der Waals surface area contributed by atoms with Crippen LogP contribution in [-0.2, 0) is 14.3 Å². The van der Waals surface area contributed by atoms with Crippen molar-refractivity contribution >= 4 is 17.8 Å². The van der Waals surface area contributed by atoms with Crippen molar-refractivity contribution in [1.82, 2.24) is 10.2 Å². The minimum atomic E-state index is -0.801. The number of likely N-dealkylation sites (N-methyl/N-ethyl adjacent to an activating group) is 1. The van der Waals surface area contributed by atoms with Gasteiger partial charge in [0, 0.05) is 12.6 Å². The Labute approximate surface area is 134 Å². The van der Waals surface area contributed by atoms with Crippen LogP contribution in [0.3, 0.4) is 0 Å². The van der Waals surface area contributed by atoms with E-state index in [1.54, 1.807) is 0 Å². The number of nitrogens with one attached hydrogen (secondary N) is 1. The zero-order chi connectivity index (χ0) is 17.6. The number of hydrogen-bond donors (Lipinski definition) is 1. The maximum atomic E-state index is 13.0. The molecule has 2 amide bonds. The predicted octanol–water partition coefficient (Wildman–Crippen LogP) is 1.36. The Hall–Kier alpha value is -2.44. The topological polar surface area (TPSA) is 75.7 Å². The number of benzene rings is 1. The van der Waals surface area contributed by atoms with Crippen LogP contribution in [0.5, 0.6) is 0 Å². The molecule has 1 aromatic carbocycles. The van der Waals surface area contributed by atoms with Crippen LogP contribution >= 0.6 is 0 Å². The average Bonchev–Trinajstić information content (AvgIpc) is 2.42. The summed E-state index contributed by atoms with van der Waals surface area (Å²) in [6.45, 7) is 4.82. The van der Waals surface area contributed by atoms with Crippen molar-refractivity contribution in [3.63, 3.8) is 0 Å². The van der Waals surface area contributed by atoms with Gasteiger partial charge in [0.05, 0.1) is 12.1 Å². The number of hydrogen-bond acceptors (Lipinski definition) is 4. The molecule has 1 aromatic rings. The van der Waals surface area contributed by atoms with Gasteiger partial charge in [0.1, 0.15) is 5.82 Å². The zero-order valence-corrected chi connectivity index (χ0v) is 13.7. The zero-order valence-electron chi connectivity index (χ0n) is 13.7. The second-order valence-electron chi connectivity index (χ2n) is 6.13. The Morgan fingerprint density at radius 3 is 2.48 bits per heavy atom. The first kappa shape index (κ1) is 18.6. The first-order chi connectivity index (χ1) is 10.6. The minimum absolute atomic E-state index is 0.0194. The summed E-state index contributed by atoms with van der Waals surface area (Å²) in [7, 11) is 1.43. The molecule has 6 nitrogen and oxygen atoms in total. The maximum absolute atomic E-state index is 13.0. The molecular weight excluding hydrogens is 303 g/mol. The highest BCUT2D eigenvalue weighted by Crippen LogP contribution is 2.05. The fourth-order valence-electron chi connectivity index (χ4n) is 1.70. The monoisotopic (exact) mass is 324 g/mol. The molecule has 7 heteroatoms. The predicted molar refractivity (Wildman–Crippen MR) is 82.2 cm³/mol. The molecule has 0 aromatic heterocycles. The molecule has 0 saturated heterocycles. The SMILES string of the molecule is CN(CC(=O)NC(C)(C)C)C(=O)COC(=O)c1cccc(F)c1. The van der Waals surface area contributed by atoms with E-state index in [1.807, 2.05) is 20.8 Å². The van der Waals surface area contributed by atoms with E-state index in [-0.39, 0.29) is 18.0 Å². The average molecular weight is 324 g/mol. The summed E-state index contributed by atoms with van der Waals surface area (Å²) in [5.41, 5.74) is -0.379. The van der Waals surface area contributed by atoms with Crippen LogP contribution in [0.15, 0.2) is 24.3 Å². The summed E-state index contributed by atoms with van der Waals surface area (Å²) in [6, 6.07) is 4.98. The number of esters is 1. The standard InChI is InChI=1S/C16H21FN2O4/c1-16(2,3)18-13(20)9-19(4)14(21)10-23-15(22)11-6-5-7-12(17)8-11/h5-8H,9-10H2,1-4H3,(H,18,20). The largest absolute Gasteiger partial charge is 0.452 e. The number of halogens is 1. The fourth-order valence-corrected chi connectivity index (χ4v) is 1.70. The lowest BCUT2D eigenvalue weighted by Gasteiger charge is -2.23. The van der Waals surface area contributed by atoms with E-state index >= 15 is 0 Å². The van der Waals surface area contributed by atoms with E-state index in [1.165, 1.54) is 25.2 Å². The molecule has 0 aliphatic rings. The summed E-state index contributed by atoms with van der Waals surface area (Å²) in [4.78, 5) is 36.4. The van der Waals surface area contributed by atoms with E-state index in [2.05, 4.69) is 5.32 Å². The van der Waals surface area contributed by atoms with Gasteiger partial charge < -0.3 is 15.0 Å². The molecule has 0 aliphatic carbocycles. The third-order valence-electron chi connectivity index (χ3n) is 2.71. The van der Waals surface area contributed by atoms with E-state index in [0.29, 0.717) is 0 Å². The molecule has 0 radical (unpaired) electrons. The molecular formula is C16H21FN2O4. The van der Waals surface area contributed by atoms with Crippen molar-refractivity contribution < 1.29 is 23.5 Å². The lowest BCUT2D eigenvalue weighted by Crippen LogP contribution is -2.46. The number of nitrogens with zero attached hydrogens (tertiary/aromatic N) is 1. The fraction of sp³-hybridized carbons (Fsp3) is 0.438. The van der Waals surface area contributed by atoms with Crippen LogP contribution in [0, 0.1) is 5.82 Å². The smallest absolute Gasteiger partial charge is 0.338 e. The van der Waals surface area contributed by atoms with Crippen molar-refractivity contribution in [2.24, 2.45) is 0 Å². The van der Waals surface area contributed by atoms with E-state index in [4.69, 9.17) is 4.74 Å². The molecule has 126 valence electrons. The molecule has 0 aliphatic heterocycles. The van der Waals surface area contributed by atoms with Gasteiger partial charge in [-0.2, -0.15) is 0 Å². The van der Waals surface area contributed by atoms with Gasteiger partial charge in [-0.3, -0.25) is 9.59 Å². The highest BCUT2D eigenvalue weighted by Gasteiger charge is 2.19. The molecule has 0 fully saturated rings. The number of carbonyl (C=O) groups is 3. The van der Waals surface area contributed by atoms with Gasteiger partial charge in [-0.05, 0) is 39.0 Å². The van der Waals surface area contributed by atoms with Crippen molar-refractivity contribution in [3.8, 4) is 0 Å². The van der Waals surface area contributed by atoms with Gasteiger partial charge in [0.2, 0.25) is 5.91 Å². The lowest BCUT2D eigenvalue weighted by atomic mass is 10.1. The van der Waals surface area contributed by atoms with E-state index in [9.17, 15) is 18.8 Å². The van der Waals surface area contributed by atoms with Crippen LogP contribution in [-0.4, -0.2) is 48.4 Å². The molecule has 0 atom stereocenters. The van der Waals surface area contributed by atoms with Crippen molar-refractivity contribution in [2.45, 2.75) is 26.3 Å². The first-order valence-electron chi connectivity index (χ1n) is 7.06. The van der Waals surface area contributed by atoms with Gasteiger partial charge in [-0.1, -0.05) is 6.07 Å². The number of ether oxygens (including phenoxy) is 1. The molecule has 0 unspecified atom stereocenters. The maximum Gasteiger partial charge on any atom is 0.338 e. The Balaban J connectivity index is 2.46. The van der Waals surface area contributed by atoms with Gasteiger partial charge in [-0.15, -0.1) is 0 Å². The molecule has 0 saturated carbocycles. The molecule has 23 heavy (non-hydrogen) atoms. The normalized spacial score (nSPS) is 10.8. The van der Waals surface area contributed by atoms with Gasteiger partial charge in [0.25, 0.3) is 5.91 Å². The Kier molecular flexibility index (Phi) is 6.24. The third-order valence-corrected chi connectivity index (χ3v) is 2.71. The first-order valence-corrected chi connectivity index (χ1v) is 7.06. The second-order valence-corrected chi connectivity index (χ2v) is 6.13. The Morgan fingerprint density at radius 1 is 1.26 bits per heavy atom. The van der Waals surface area contributed by atoms with E-state index < -0.39 is 29.8 Å². The number of rotatable bonds is 5. The molecule has 0 spiro atoms. The van der Waals surface area contributed by atoms with Crippen LogP contribution in [0.1, 0.15) is 31.1 Å². The van der Waals surface area contributed by atoms with Gasteiger partial charge in [0.15, 0.2) is 6.61 Å². The van der Waals surface area contributed by atoms with Gasteiger partial charge >= 0.3 is 5.97 Å². The lowest BCUT2D eigenvalue weighted by molar-refractivity contribution is -0.137. The number of carbonyl (C=O) groups excluding carboxylic acids is 3. The highest BCUT2D eigenvalue weighted by molar-refractivity contribution is 5.92. The second kappa shape index (κ2) is 7.71. The molecule has 0 heterocycles. The van der Waals surface area contributed by atoms with Crippen molar-refractivity contribution in [3.05, 3.63) is 35.6 Å². The summed E-state index contributed by atoms with van der Waals surface area (Å²) in [5, 5.41) is 2.72. The van der Waals surface area contributed by atoms with E-state index in [0.717, 1.165) is 11.0 Å². The number of amides is 2. The Bertz CT molecular complexity index is 596. The summed E-state index contributed by atoms with van der Waals surface area (Å²) < 4.78 is 17.8. The molecule has 0 bridgehead atoms. The van der Waals surface area contributed by atoms with Crippen LogP contribution in [0.4, 0.5) is 4.39 Å².